The minimum Gasteiger partial charge on any atom is -0.458 e. The molecule has 0 radical (unpaired) electrons. The zero-order valence-corrected chi connectivity index (χ0v) is 32.9. The van der Waals surface area contributed by atoms with Crippen molar-refractivity contribution in [3.63, 3.8) is 0 Å². The van der Waals surface area contributed by atoms with E-state index in [9.17, 15) is 29.0 Å². The Morgan fingerprint density at radius 3 is 2.34 bits per heavy atom. The van der Waals surface area contributed by atoms with Crippen LogP contribution in [0.1, 0.15) is 74.7 Å². The smallest absolute Gasteiger partial charge is 0.458 e. The summed E-state index contributed by atoms with van der Waals surface area (Å²) in [5, 5.41) is 26.8. The van der Waals surface area contributed by atoms with Crippen LogP contribution in [0.4, 0.5) is 19.7 Å². The Bertz CT molecular complexity index is 1420. The summed E-state index contributed by atoms with van der Waals surface area (Å²) in [6.45, 7) is 14.5. The van der Waals surface area contributed by atoms with Gasteiger partial charge in [0.2, 0.25) is 0 Å². The average Bonchev–Trinajstić information content (AvgIpc) is 3.39. The van der Waals surface area contributed by atoms with Gasteiger partial charge in [0.1, 0.15) is 11.9 Å². The van der Waals surface area contributed by atoms with E-state index in [0.717, 1.165) is 0 Å². The monoisotopic (exact) mass is 753 g/mol. The Kier molecular flexibility index (Phi) is 13.8. The zero-order valence-electron chi connectivity index (χ0n) is 32.9. The lowest BCUT2D eigenvalue weighted by atomic mass is 9.78. The van der Waals surface area contributed by atoms with E-state index in [1.807, 2.05) is 58.6 Å². The van der Waals surface area contributed by atoms with Crippen LogP contribution in [0.3, 0.4) is 0 Å². The first-order valence-electron chi connectivity index (χ1n) is 18.6. The summed E-state index contributed by atoms with van der Waals surface area (Å²) in [6, 6.07) is 4.50. The number of aliphatic hydroxyl groups is 2. The number of esters is 1. The molecule has 3 aliphatic heterocycles. The molecular weight excluding hydrogens is 693 g/mol. The van der Waals surface area contributed by atoms with Gasteiger partial charge in [0.15, 0.2) is 24.1 Å². The van der Waals surface area contributed by atoms with Crippen molar-refractivity contribution in [3.05, 3.63) is 30.1 Å². The molecule has 0 aromatic heterocycles. The molecule has 0 spiro atoms. The highest BCUT2D eigenvalue weighted by Gasteiger charge is 2.58. The van der Waals surface area contributed by atoms with Crippen molar-refractivity contribution >= 4 is 23.9 Å². The molecule has 3 saturated heterocycles. The summed E-state index contributed by atoms with van der Waals surface area (Å²) in [5.41, 5.74) is -2.60. The molecule has 3 aliphatic rings. The minimum atomic E-state index is -1.62. The molecule has 1 aromatic carbocycles. The SMILES string of the molecule is CC[C@H]1OC(=O)[C@H](C)[C@@H](O)[C@H](C)[C@@H](O[C@@H]2O[C@H](C)C[C@H](N(C)C)[C@H]2OC(=O)Nc2ccc(F)cc2)[C@](C)(O)C[C@@H](C)CN(C)[C@H](C)[C@H]2OC(=O)O[C@@]21C. The average molecular weight is 754 g/mol. The molecule has 0 bridgehead atoms. The summed E-state index contributed by atoms with van der Waals surface area (Å²) in [4.78, 5) is 43.4. The van der Waals surface area contributed by atoms with Crippen molar-refractivity contribution in [2.75, 3.05) is 33.0 Å². The maximum absolute atomic E-state index is 13.8. The predicted molar refractivity (Wildman–Crippen MR) is 192 cm³/mol. The number of fused-ring (bicyclic) bond motifs is 1. The molecule has 300 valence electrons. The quantitative estimate of drug-likeness (QED) is 0.274. The number of anilines is 1. The van der Waals surface area contributed by atoms with Crippen LogP contribution in [0.5, 0.6) is 0 Å². The van der Waals surface area contributed by atoms with E-state index < -0.39 is 83.9 Å². The summed E-state index contributed by atoms with van der Waals surface area (Å²) in [5.74, 6) is -3.33. The van der Waals surface area contributed by atoms with Crippen LogP contribution >= 0.6 is 0 Å². The van der Waals surface area contributed by atoms with E-state index in [2.05, 4.69) is 5.32 Å². The number of hydrogen-bond donors (Lipinski definition) is 3. The highest BCUT2D eigenvalue weighted by Crippen LogP contribution is 2.40. The first kappa shape index (κ1) is 42.7. The summed E-state index contributed by atoms with van der Waals surface area (Å²) in [7, 11) is 5.57. The zero-order chi connectivity index (χ0) is 39.6. The highest BCUT2D eigenvalue weighted by molar-refractivity contribution is 5.84. The molecule has 14 nitrogen and oxygen atoms in total. The number of halogens is 1. The van der Waals surface area contributed by atoms with Gasteiger partial charge in [-0.3, -0.25) is 15.0 Å². The van der Waals surface area contributed by atoms with Crippen molar-refractivity contribution in [1.82, 2.24) is 9.80 Å². The number of amides is 1. The molecule has 14 atom stereocenters. The molecule has 53 heavy (non-hydrogen) atoms. The van der Waals surface area contributed by atoms with Gasteiger partial charge in [0.25, 0.3) is 0 Å². The molecule has 0 unspecified atom stereocenters. The van der Waals surface area contributed by atoms with Crippen LogP contribution in [0, 0.1) is 23.6 Å². The molecule has 1 aromatic rings. The van der Waals surface area contributed by atoms with Gasteiger partial charge in [-0.15, -0.1) is 0 Å². The number of nitrogens with one attached hydrogen (secondary N) is 1. The van der Waals surface area contributed by atoms with Crippen molar-refractivity contribution in [2.24, 2.45) is 17.8 Å². The van der Waals surface area contributed by atoms with Crippen LogP contribution in [-0.2, 0) is 33.2 Å². The fourth-order valence-corrected chi connectivity index (χ4v) is 8.26. The number of rotatable bonds is 6. The number of nitrogens with zero attached hydrogens (tertiary/aromatic N) is 2. The van der Waals surface area contributed by atoms with E-state index in [0.29, 0.717) is 25.1 Å². The fourth-order valence-electron chi connectivity index (χ4n) is 8.26. The van der Waals surface area contributed by atoms with Gasteiger partial charge < -0.3 is 43.5 Å². The lowest BCUT2D eigenvalue weighted by molar-refractivity contribution is -0.297. The largest absolute Gasteiger partial charge is 0.509 e. The fraction of sp³-hybridized carbons (Fsp3) is 0.763. The van der Waals surface area contributed by atoms with Crippen LogP contribution in [-0.4, -0.2) is 132 Å². The first-order valence-corrected chi connectivity index (χ1v) is 18.6. The van der Waals surface area contributed by atoms with Gasteiger partial charge in [0, 0.05) is 24.2 Å². The number of ether oxygens (including phenoxy) is 6. The molecule has 3 fully saturated rings. The Morgan fingerprint density at radius 2 is 1.74 bits per heavy atom. The lowest BCUT2D eigenvalue weighted by Crippen LogP contribution is -2.60. The van der Waals surface area contributed by atoms with Gasteiger partial charge >= 0.3 is 18.2 Å². The summed E-state index contributed by atoms with van der Waals surface area (Å²) in [6.07, 6.45) is -7.41. The molecule has 4 rings (SSSR count). The summed E-state index contributed by atoms with van der Waals surface area (Å²) < 4.78 is 49.8. The number of likely N-dealkylation sites (N-methyl/N-ethyl adjacent to an activating group) is 2. The molecular formula is C38H60FN3O11. The number of hydrogen-bond acceptors (Lipinski definition) is 13. The van der Waals surface area contributed by atoms with Gasteiger partial charge in [-0.05, 0) is 105 Å². The molecule has 0 saturated carbocycles. The van der Waals surface area contributed by atoms with E-state index in [1.54, 1.807) is 20.8 Å². The number of carbonyl (C=O) groups is 3. The molecule has 3 N–H and O–H groups in total. The van der Waals surface area contributed by atoms with E-state index in [-0.39, 0.29) is 30.5 Å². The normalized spacial score (nSPS) is 40.6. The van der Waals surface area contributed by atoms with Crippen molar-refractivity contribution in [2.45, 2.75) is 141 Å². The van der Waals surface area contributed by atoms with Crippen LogP contribution in [0.25, 0.3) is 0 Å². The van der Waals surface area contributed by atoms with Crippen LogP contribution in [0.15, 0.2) is 24.3 Å². The highest BCUT2D eigenvalue weighted by atomic mass is 19.1. The second-order valence-corrected chi connectivity index (χ2v) is 16.0. The van der Waals surface area contributed by atoms with Gasteiger partial charge in [-0.1, -0.05) is 20.8 Å². The second-order valence-electron chi connectivity index (χ2n) is 16.0. The maximum Gasteiger partial charge on any atom is 0.509 e. The Morgan fingerprint density at radius 1 is 1.09 bits per heavy atom. The third-order valence-corrected chi connectivity index (χ3v) is 11.2. The number of aliphatic hydroxyl groups excluding tert-OH is 1. The van der Waals surface area contributed by atoms with Gasteiger partial charge in [-0.25, -0.2) is 14.0 Å². The number of cyclic esters (lactones) is 1. The molecule has 1 amide bonds. The topological polar surface area (TPSA) is 166 Å². The van der Waals surface area contributed by atoms with Gasteiger partial charge in [0.05, 0.1) is 35.9 Å². The second kappa shape index (κ2) is 17.2. The number of benzene rings is 1. The minimum absolute atomic E-state index is 0.158. The van der Waals surface area contributed by atoms with E-state index in [1.165, 1.54) is 31.2 Å². The molecule has 3 heterocycles. The summed E-state index contributed by atoms with van der Waals surface area (Å²) >= 11 is 0. The maximum atomic E-state index is 13.8. The molecule has 15 heteroatoms. The first-order chi connectivity index (χ1) is 24.7. The standard InChI is InChI=1S/C38H60FN3O11/c1-12-28-38(8)32(52-36(46)53-38)24(6)42(11)19-20(2)18-37(7,47)31(22(4)29(43)23(5)33(44)49-28)51-34-30(27(41(9)10)17-21(3)48-34)50-35(45)40-26-15-13-25(39)14-16-26/h13-16,20-24,27-32,34,43,47H,12,17-19H2,1-11H3,(H,40,45)/t20-,21-,22+,23-,24-,27+,28-,29+,30-,31-,32-,34+,37-,38-/m1/s1. The van der Waals surface area contributed by atoms with Crippen molar-refractivity contribution in [3.8, 4) is 0 Å². The van der Waals surface area contributed by atoms with Gasteiger partial charge in [-0.2, -0.15) is 0 Å². The third kappa shape index (κ3) is 9.78. The van der Waals surface area contributed by atoms with Crippen molar-refractivity contribution < 1.29 is 57.4 Å². The lowest BCUT2D eigenvalue weighted by Gasteiger charge is -2.47. The third-order valence-electron chi connectivity index (χ3n) is 11.2. The Hall–Kier alpha value is -3.08. The number of carbonyl (C=O) groups excluding carboxylic acids is 3. The van der Waals surface area contributed by atoms with E-state index >= 15 is 0 Å². The predicted octanol–water partition coefficient (Wildman–Crippen LogP) is 4.55. The Labute approximate surface area is 312 Å². The van der Waals surface area contributed by atoms with E-state index in [4.69, 9.17) is 28.4 Å². The Balaban J connectivity index is 1.70. The molecule has 0 aliphatic carbocycles. The van der Waals surface area contributed by atoms with Crippen LogP contribution < -0.4 is 5.32 Å². The van der Waals surface area contributed by atoms with Crippen LogP contribution in [0.2, 0.25) is 0 Å². The van der Waals surface area contributed by atoms with Crippen molar-refractivity contribution in [1.29, 1.82) is 0 Å².